The number of amides is 1. The van der Waals surface area contributed by atoms with E-state index in [9.17, 15) is 4.79 Å². The van der Waals surface area contributed by atoms with Crippen molar-refractivity contribution in [1.29, 1.82) is 0 Å². The molecule has 3 aliphatic rings. The van der Waals surface area contributed by atoms with Gasteiger partial charge in [0.25, 0.3) is 0 Å². The maximum Gasteiger partial charge on any atom is 0.410 e. The molecule has 1 fully saturated rings. The fraction of sp³-hybridized carbons (Fsp3) is 0.323. The SMILES string of the molecule is CC(C)c1ccc(C2=CC3CCC(C2)N3C(=O)OCC2c3ccccc3-c3ccccc32)cc1. The number of carbonyl (C=O) groups excluding carboxylic acids is 1. The van der Waals surface area contributed by atoms with Crippen molar-refractivity contribution in [2.45, 2.75) is 57.0 Å². The molecule has 3 aromatic rings. The molecule has 2 atom stereocenters. The summed E-state index contributed by atoms with van der Waals surface area (Å²) in [4.78, 5) is 15.3. The summed E-state index contributed by atoms with van der Waals surface area (Å²) < 4.78 is 6.00. The fourth-order valence-electron chi connectivity index (χ4n) is 6.08. The Morgan fingerprint density at radius 1 is 0.912 bits per heavy atom. The van der Waals surface area contributed by atoms with E-state index in [-0.39, 0.29) is 24.1 Å². The van der Waals surface area contributed by atoms with Crippen LogP contribution in [0.3, 0.4) is 0 Å². The number of benzene rings is 3. The van der Waals surface area contributed by atoms with Crippen molar-refractivity contribution in [1.82, 2.24) is 4.90 Å². The lowest BCUT2D eigenvalue weighted by molar-refractivity contribution is 0.0866. The van der Waals surface area contributed by atoms with Crippen molar-refractivity contribution in [3.8, 4) is 11.1 Å². The number of rotatable bonds is 4. The number of carbonyl (C=O) groups is 1. The molecule has 0 radical (unpaired) electrons. The van der Waals surface area contributed by atoms with Crippen LogP contribution in [0.5, 0.6) is 0 Å². The van der Waals surface area contributed by atoms with Gasteiger partial charge in [0.1, 0.15) is 6.61 Å². The molecule has 0 N–H and O–H groups in total. The largest absolute Gasteiger partial charge is 0.448 e. The lowest BCUT2D eigenvalue weighted by Gasteiger charge is -2.33. The van der Waals surface area contributed by atoms with Crippen molar-refractivity contribution < 1.29 is 9.53 Å². The number of hydrogen-bond donors (Lipinski definition) is 0. The van der Waals surface area contributed by atoms with Gasteiger partial charge >= 0.3 is 6.09 Å². The van der Waals surface area contributed by atoms with E-state index in [0.717, 1.165) is 19.3 Å². The van der Waals surface area contributed by atoms with Gasteiger partial charge in [-0.25, -0.2) is 4.79 Å². The first kappa shape index (κ1) is 21.2. The van der Waals surface area contributed by atoms with Crippen LogP contribution in [0.15, 0.2) is 78.9 Å². The molecule has 1 amide bonds. The molecule has 1 saturated heterocycles. The summed E-state index contributed by atoms with van der Waals surface area (Å²) >= 11 is 0. The van der Waals surface area contributed by atoms with E-state index in [1.807, 2.05) is 4.90 Å². The summed E-state index contributed by atoms with van der Waals surface area (Å²) in [5, 5.41) is 0. The van der Waals surface area contributed by atoms with E-state index in [0.29, 0.717) is 12.5 Å². The van der Waals surface area contributed by atoms with E-state index in [2.05, 4.69) is 92.7 Å². The minimum atomic E-state index is -0.167. The molecule has 3 aromatic carbocycles. The number of hydrogen-bond acceptors (Lipinski definition) is 2. The highest BCUT2D eigenvalue weighted by Crippen LogP contribution is 2.45. The van der Waals surface area contributed by atoms with Gasteiger partial charge in [-0.15, -0.1) is 0 Å². The van der Waals surface area contributed by atoms with Crippen LogP contribution in [-0.2, 0) is 4.74 Å². The second-order valence-corrected chi connectivity index (χ2v) is 10.2. The third-order valence-electron chi connectivity index (χ3n) is 7.89. The molecule has 1 aliphatic carbocycles. The lowest BCUT2D eigenvalue weighted by atomic mass is 9.93. The van der Waals surface area contributed by atoms with Crippen LogP contribution < -0.4 is 0 Å². The molecule has 172 valence electrons. The van der Waals surface area contributed by atoms with Crippen LogP contribution in [0.25, 0.3) is 16.7 Å². The third kappa shape index (κ3) is 3.55. The Morgan fingerprint density at radius 3 is 2.18 bits per heavy atom. The molecule has 6 rings (SSSR count). The van der Waals surface area contributed by atoms with Crippen LogP contribution >= 0.6 is 0 Å². The molecule has 0 spiro atoms. The predicted octanol–water partition coefficient (Wildman–Crippen LogP) is 7.38. The molecule has 2 unspecified atom stereocenters. The monoisotopic (exact) mass is 449 g/mol. The highest BCUT2D eigenvalue weighted by atomic mass is 16.6. The second kappa shape index (κ2) is 8.47. The minimum absolute atomic E-state index is 0.101. The summed E-state index contributed by atoms with van der Waals surface area (Å²) in [5.74, 6) is 0.638. The van der Waals surface area contributed by atoms with Crippen LogP contribution in [-0.4, -0.2) is 29.7 Å². The summed E-state index contributed by atoms with van der Waals surface area (Å²) in [5.41, 5.74) is 9.04. The van der Waals surface area contributed by atoms with Crippen LogP contribution in [0, 0.1) is 0 Å². The molecule has 3 heteroatoms. The molecular formula is C31H31NO2. The average molecular weight is 450 g/mol. The van der Waals surface area contributed by atoms with E-state index in [1.165, 1.54) is 39.0 Å². The first-order valence-corrected chi connectivity index (χ1v) is 12.5. The van der Waals surface area contributed by atoms with Gasteiger partial charge in [0.15, 0.2) is 0 Å². The van der Waals surface area contributed by atoms with Crippen molar-refractivity contribution in [2.24, 2.45) is 0 Å². The predicted molar refractivity (Wildman–Crippen MR) is 137 cm³/mol. The highest BCUT2D eigenvalue weighted by molar-refractivity contribution is 5.79. The van der Waals surface area contributed by atoms with Crippen molar-refractivity contribution in [3.63, 3.8) is 0 Å². The summed E-state index contributed by atoms with van der Waals surface area (Å²) in [6, 6.07) is 26.3. The molecule has 2 aliphatic heterocycles. The van der Waals surface area contributed by atoms with Gasteiger partial charge in [-0.2, -0.15) is 0 Å². The average Bonchev–Trinajstić information content (AvgIpc) is 3.33. The zero-order valence-electron chi connectivity index (χ0n) is 19.9. The minimum Gasteiger partial charge on any atom is -0.448 e. The normalized spacial score (nSPS) is 20.8. The smallest absolute Gasteiger partial charge is 0.410 e. The number of fused-ring (bicyclic) bond motifs is 5. The van der Waals surface area contributed by atoms with Crippen LogP contribution in [0.2, 0.25) is 0 Å². The van der Waals surface area contributed by atoms with Gasteiger partial charge in [0, 0.05) is 12.0 Å². The van der Waals surface area contributed by atoms with Gasteiger partial charge in [-0.1, -0.05) is 92.7 Å². The number of ether oxygens (including phenoxy) is 1. The quantitative estimate of drug-likeness (QED) is 0.416. The highest BCUT2D eigenvalue weighted by Gasteiger charge is 2.41. The van der Waals surface area contributed by atoms with Crippen LogP contribution in [0.1, 0.15) is 67.2 Å². The molecule has 2 bridgehead atoms. The first-order valence-electron chi connectivity index (χ1n) is 12.5. The van der Waals surface area contributed by atoms with Gasteiger partial charge in [0.2, 0.25) is 0 Å². The van der Waals surface area contributed by atoms with Crippen molar-refractivity contribution >= 4 is 11.7 Å². The Kier molecular flexibility index (Phi) is 5.28. The Hall–Kier alpha value is -3.33. The standard InChI is InChI=1S/C31H31NO2/c1-20(2)21-11-13-22(14-12-21)23-17-24-15-16-25(18-23)32(24)31(33)34-19-30-28-9-5-3-7-26(28)27-8-4-6-10-29(27)30/h3-14,17,20,24-25,30H,15-16,18-19H2,1-2H3. The first-order chi connectivity index (χ1) is 16.6. The van der Waals surface area contributed by atoms with E-state index in [4.69, 9.17) is 4.74 Å². The Balaban J connectivity index is 1.18. The molecule has 0 saturated carbocycles. The lowest BCUT2D eigenvalue weighted by Crippen LogP contribution is -2.43. The van der Waals surface area contributed by atoms with Gasteiger partial charge in [0.05, 0.1) is 6.04 Å². The number of nitrogens with zero attached hydrogens (tertiary/aromatic N) is 1. The third-order valence-corrected chi connectivity index (χ3v) is 7.89. The zero-order chi connectivity index (χ0) is 23.2. The fourth-order valence-corrected chi connectivity index (χ4v) is 6.08. The Labute approximate surface area is 202 Å². The zero-order valence-corrected chi connectivity index (χ0v) is 19.9. The topological polar surface area (TPSA) is 29.5 Å². The summed E-state index contributed by atoms with van der Waals surface area (Å²) in [6.45, 7) is 4.83. The maximum absolute atomic E-state index is 13.3. The molecular weight excluding hydrogens is 418 g/mol. The Bertz CT molecular complexity index is 1210. The van der Waals surface area contributed by atoms with Gasteiger partial charge in [-0.3, -0.25) is 4.90 Å². The van der Waals surface area contributed by atoms with Gasteiger partial charge in [-0.05, 0) is 64.1 Å². The summed E-state index contributed by atoms with van der Waals surface area (Å²) in [6.07, 6.45) is 5.10. The molecule has 34 heavy (non-hydrogen) atoms. The van der Waals surface area contributed by atoms with Crippen molar-refractivity contribution in [3.05, 3.63) is 101 Å². The second-order valence-electron chi connectivity index (χ2n) is 10.2. The Morgan fingerprint density at radius 2 is 1.56 bits per heavy atom. The van der Waals surface area contributed by atoms with E-state index >= 15 is 0 Å². The molecule has 0 aromatic heterocycles. The van der Waals surface area contributed by atoms with Gasteiger partial charge < -0.3 is 4.74 Å². The summed E-state index contributed by atoms with van der Waals surface area (Å²) in [7, 11) is 0. The van der Waals surface area contributed by atoms with E-state index in [1.54, 1.807) is 0 Å². The van der Waals surface area contributed by atoms with E-state index < -0.39 is 0 Å². The molecule has 3 nitrogen and oxygen atoms in total. The molecule has 2 heterocycles. The van der Waals surface area contributed by atoms with Crippen molar-refractivity contribution in [2.75, 3.05) is 6.61 Å². The maximum atomic E-state index is 13.3. The van der Waals surface area contributed by atoms with Crippen LogP contribution in [0.4, 0.5) is 4.79 Å².